The molecule has 10 aromatic rings. The summed E-state index contributed by atoms with van der Waals surface area (Å²) in [4.78, 5) is 33.9. The van der Waals surface area contributed by atoms with Gasteiger partial charge in [-0.1, -0.05) is 158 Å². The van der Waals surface area contributed by atoms with Crippen molar-refractivity contribution >= 4 is 37.2 Å². The third-order valence-electron chi connectivity index (χ3n) is 9.82. The maximum atomic E-state index is 7.44. The number of fused-ring (bicyclic) bond motifs is 3. The van der Waals surface area contributed by atoms with Gasteiger partial charge in [-0.15, -0.1) is 11.3 Å². The van der Waals surface area contributed by atoms with Crippen molar-refractivity contribution in [3.63, 3.8) is 0 Å². The Morgan fingerprint density at radius 2 is 0.807 bits per heavy atom. The Morgan fingerprint density at radius 1 is 0.368 bits per heavy atom. The zero-order chi connectivity index (χ0) is 38.1. The molecule has 0 saturated carbocycles. The minimum atomic E-state index is 0.574. The zero-order valence-electron chi connectivity index (χ0n) is 30.3. The van der Waals surface area contributed by atoms with Gasteiger partial charge in [-0.25, -0.2) is 34.7 Å². The van der Waals surface area contributed by atoms with Gasteiger partial charge in [0.15, 0.2) is 40.6 Å². The van der Waals surface area contributed by atoms with E-state index in [1.165, 1.54) is 0 Å². The summed E-state index contributed by atoms with van der Waals surface area (Å²) in [6.45, 7) is 7.44. The van der Waals surface area contributed by atoms with E-state index in [0.29, 0.717) is 40.6 Å². The van der Waals surface area contributed by atoms with Gasteiger partial charge < -0.3 is 0 Å². The first-order valence-electron chi connectivity index (χ1n) is 18.4. The van der Waals surface area contributed by atoms with E-state index in [9.17, 15) is 0 Å². The predicted molar refractivity (Wildman–Crippen MR) is 230 cm³/mol. The maximum absolute atomic E-state index is 7.44. The number of hydrogen-bond donors (Lipinski definition) is 0. The van der Waals surface area contributed by atoms with Crippen molar-refractivity contribution in [1.82, 2.24) is 29.9 Å². The van der Waals surface area contributed by atoms with Crippen molar-refractivity contribution < 1.29 is 0 Å². The van der Waals surface area contributed by atoms with Crippen LogP contribution in [-0.4, -0.2) is 29.9 Å². The lowest BCUT2D eigenvalue weighted by atomic mass is 10.0. The summed E-state index contributed by atoms with van der Waals surface area (Å²) in [7, 11) is 0. The van der Waals surface area contributed by atoms with Crippen LogP contribution in [0.3, 0.4) is 0 Å². The second-order valence-corrected chi connectivity index (χ2v) is 14.5. The van der Waals surface area contributed by atoms with Gasteiger partial charge in [-0.05, 0) is 29.3 Å². The minimum absolute atomic E-state index is 0.574. The Balaban J connectivity index is 1.13. The van der Waals surface area contributed by atoms with Crippen LogP contribution < -0.4 is 0 Å². The molecule has 266 valence electrons. The molecule has 0 aliphatic carbocycles. The van der Waals surface area contributed by atoms with Gasteiger partial charge in [-0.3, -0.25) is 0 Å². The highest BCUT2D eigenvalue weighted by molar-refractivity contribution is 7.26. The van der Waals surface area contributed by atoms with Crippen LogP contribution in [0.15, 0.2) is 176 Å². The number of thiophene rings is 1. The zero-order valence-corrected chi connectivity index (χ0v) is 31.1. The third kappa shape index (κ3) is 6.48. The fourth-order valence-electron chi connectivity index (χ4n) is 7.05. The van der Waals surface area contributed by atoms with Crippen LogP contribution in [-0.2, 0) is 0 Å². The van der Waals surface area contributed by atoms with Crippen molar-refractivity contribution in [3.8, 4) is 79.5 Å². The summed E-state index contributed by atoms with van der Waals surface area (Å²) in [5.41, 5.74) is 8.06. The summed E-state index contributed by atoms with van der Waals surface area (Å²) < 4.78 is 2.17. The van der Waals surface area contributed by atoms with Crippen LogP contribution in [0.4, 0.5) is 5.69 Å². The van der Waals surface area contributed by atoms with Crippen LogP contribution >= 0.6 is 11.3 Å². The quantitative estimate of drug-likeness (QED) is 0.151. The second-order valence-electron chi connectivity index (χ2n) is 13.4. The van der Waals surface area contributed by atoms with Gasteiger partial charge in [0.1, 0.15) is 0 Å². The molecule has 0 unspecified atom stereocenters. The molecule has 3 heterocycles. The molecule has 57 heavy (non-hydrogen) atoms. The van der Waals surface area contributed by atoms with Crippen LogP contribution in [0.5, 0.6) is 0 Å². The molecule has 10 rings (SSSR count). The fourth-order valence-corrected chi connectivity index (χ4v) is 8.29. The number of nitrogens with zero attached hydrogens (tertiary/aromatic N) is 7. The standard InChI is InChI=1S/C49H29N7S/c1-50-37-21-11-20-36(30-37)31-26-28-35(29-27-31)47-52-44(32-14-5-2-6-15-32)53-48(54-47)39-23-13-25-41-42(39)38-22-12-24-40(43(38)57-41)49-55-45(33-16-7-3-8-17-33)51-46(56-49)34-18-9-4-10-19-34/h2-30H. The number of rotatable bonds is 7. The Hall–Kier alpha value is -7.73. The van der Waals surface area contributed by atoms with Crippen molar-refractivity contribution in [1.29, 1.82) is 0 Å². The van der Waals surface area contributed by atoms with E-state index in [2.05, 4.69) is 41.2 Å². The first-order valence-corrected chi connectivity index (χ1v) is 19.2. The summed E-state index contributed by atoms with van der Waals surface area (Å²) in [5.74, 6) is 3.60. The number of hydrogen-bond acceptors (Lipinski definition) is 7. The van der Waals surface area contributed by atoms with Gasteiger partial charge in [0, 0.05) is 53.6 Å². The molecule has 0 radical (unpaired) electrons. The molecule has 0 aliphatic heterocycles. The largest absolute Gasteiger partial charge is 0.238 e. The molecular formula is C49H29N7S. The molecule has 0 N–H and O–H groups in total. The van der Waals surface area contributed by atoms with E-state index in [0.717, 1.165) is 64.7 Å². The highest BCUT2D eigenvalue weighted by Crippen LogP contribution is 2.43. The van der Waals surface area contributed by atoms with Gasteiger partial charge in [0.2, 0.25) is 0 Å². The van der Waals surface area contributed by atoms with Crippen molar-refractivity contribution in [2.75, 3.05) is 0 Å². The molecule has 3 aromatic heterocycles. The lowest BCUT2D eigenvalue weighted by Gasteiger charge is -2.10. The second kappa shape index (κ2) is 14.5. The van der Waals surface area contributed by atoms with Gasteiger partial charge in [-0.2, -0.15) is 0 Å². The van der Waals surface area contributed by atoms with E-state index < -0.39 is 0 Å². The normalized spacial score (nSPS) is 11.1. The predicted octanol–water partition coefficient (Wildman–Crippen LogP) is 12.6. The molecule has 7 aromatic carbocycles. The monoisotopic (exact) mass is 747 g/mol. The summed E-state index contributed by atoms with van der Waals surface area (Å²) >= 11 is 1.71. The lowest BCUT2D eigenvalue weighted by Crippen LogP contribution is -2.00. The molecule has 0 spiro atoms. The van der Waals surface area contributed by atoms with Crippen LogP contribution in [0.2, 0.25) is 0 Å². The van der Waals surface area contributed by atoms with Crippen molar-refractivity contribution in [2.24, 2.45) is 0 Å². The number of benzene rings is 7. The first-order chi connectivity index (χ1) is 28.2. The van der Waals surface area contributed by atoms with Gasteiger partial charge >= 0.3 is 0 Å². The summed E-state index contributed by atoms with van der Waals surface area (Å²) in [6, 6.07) is 58.5. The van der Waals surface area contributed by atoms with E-state index in [4.69, 9.17) is 36.5 Å². The highest BCUT2D eigenvalue weighted by atomic mass is 32.1. The molecule has 0 atom stereocenters. The number of aromatic nitrogens is 6. The van der Waals surface area contributed by atoms with E-state index >= 15 is 0 Å². The lowest BCUT2D eigenvalue weighted by molar-refractivity contribution is 1.08. The molecule has 0 amide bonds. The maximum Gasteiger partial charge on any atom is 0.187 e. The minimum Gasteiger partial charge on any atom is -0.238 e. The van der Waals surface area contributed by atoms with E-state index in [1.807, 2.05) is 140 Å². The topological polar surface area (TPSA) is 81.7 Å². The summed E-state index contributed by atoms with van der Waals surface area (Å²) in [5, 5.41) is 2.13. The van der Waals surface area contributed by atoms with Crippen molar-refractivity contribution in [2.45, 2.75) is 0 Å². The third-order valence-corrected chi connectivity index (χ3v) is 11.0. The Bertz CT molecular complexity index is 3060. The first kappa shape index (κ1) is 33.8. The molecule has 0 fully saturated rings. The fraction of sp³-hybridized carbons (Fsp3) is 0. The smallest absolute Gasteiger partial charge is 0.187 e. The van der Waals surface area contributed by atoms with Crippen LogP contribution in [0.25, 0.3) is 104 Å². The molecule has 8 heteroatoms. The van der Waals surface area contributed by atoms with E-state index in [1.54, 1.807) is 11.3 Å². The Morgan fingerprint density at radius 3 is 1.37 bits per heavy atom. The molecular weight excluding hydrogens is 719 g/mol. The highest BCUT2D eigenvalue weighted by Gasteiger charge is 2.20. The SMILES string of the molecule is [C-]#[N+]c1cccc(-c2ccc(-c3nc(-c4ccccc4)nc(-c4cccc5sc6c(-c7nc(-c8ccccc8)nc(-c8ccccc8)n7)cccc6c45)n3)cc2)c1. The average molecular weight is 748 g/mol. The Kier molecular flexibility index (Phi) is 8.60. The molecule has 7 nitrogen and oxygen atoms in total. The summed E-state index contributed by atoms with van der Waals surface area (Å²) in [6.07, 6.45) is 0. The van der Waals surface area contributed by atoms with Crippen LogP contribution in [0.1, 0.15) is 0 Å². The Labute approximate surface area is 332 Å². The van der Waals surface area contributed by atoms with Gasteiger partial charge in [0.25, 0.3) is 0 Å². The average Bonchev–Trinajstić information content (AvgIpc) is 3.69. The van der Waals surface area contributed by atoms with Gasteiger partial charge in [0.05, 0.1) is 6.57 Å². The van der Waals surface area contributed by atoms with Crippen LogP contribution in [0, 0.1) is 6.57 Å². The molecule has 0 saturated heterocycles. The molecule has 0 bridgehead atoms. The molecule has 0 aliphatic rings. The van der Waals surface area contributed by atoms with Crippen molar-refractivity contribution in [3.05, 3.63) is 187 Å². The van der Waals surface area contributed by atoms with E-state index in [-0.39, 0.29) is 0 Å².